The number of fused-ring (bicyclic) bond motifs is 1. The average Bonchev–Trinajstić information content (AvgIpc) is 3.46. The van der Waals surface area contributed by atoms with Crippen molar-refractivity contribution in [2.24, 2.45) is 0 Å². The largest absolute Gasteiger partial charge is 0.465 e. The van der Waals surface area contributed by atoms with E-state index in [0.717, 1.165) is 10.9 Å². The van der Waals surface area contributed by atoms with Gasteiger partial charge in [0.25, 0.3) is 0 Å². The summed E-state index contributed by atoms with van der Waals surface area (Å²) in [4.78, 5) is 24.4. The number of aliphatic hydroxyl groups excluding tert-OH is 1. The van der Waals surface area contributed by atoms with Crippen LogP contribution in [-0.2, 0) is 23.4 Å². The molecule has 218 valence electrons. The summed E-state index contributed by atoms with van der Waals surface area (Å²) in [6.07, 6.45) is -4.21. The van der Waals surface area contributed by atoms with Crippen molar-refractivity contribution in [3.05, 3.63) is 36.7 Å². The topological polar surface area (TPSA) is 185 Å². The van der Waals surface area contributed by atoms with Crippen LogP contribution >= 0.6 is 7.75 Å². The summed E-state index contributed by atoms with van der Waals surface area (Å²) >= 11 is 0. The van der Waals surface area contributed by atoms with Gasteiger partial charge in [0, 0.05) is 7.05 Å². The molecule has 1 aromatic carbocycles. The van der Waals surface area contributed by atoms with Crippen LogP contribution < -0.4 is 20.7 Å². The van der Waals surface area contributed by atoms with E-state index in [1.807, 2.05) is 0 Å². The first-order valence-corrected chi connectivity index (χ1v) is 13.8. The Balaban J connectivity index is 1.59. The second kappa shape index (κ2) is 12.0. The molecule has 0 radical (unpaired) electrons. The van der Waals surface area contributed by atoms with E-state index >= 15 is 4.39 Å². The van der Waals surface area contributed by atoms with Crippen LogP contribution in [0.15, 0.2) is 36.7 Å². The van der Waals surface area contributed by atoms with Crippen LogP contribution in [0, 0.1) is 0 Å². The van der Waals surface area contributed by atoms with Gasteiger partial charge in [-0.3, -0.25) is 13.9 Å². The number of anilines is 2. The van der Waals surface area contributed by atoms with Crippen molar-refractivity contribution in [3.8, 4) is 5.75 Å². The lowest BCUT2D eigenvalue weighted by molar-refractivity contribution is -0.144. The summed E-state index contributed by atoms with van der Waals surface area (Å²) in [5, 5.41) is 16.0. The monoisotopic (exact) mass is 585 g/mol. The number of para-hydroxylation sites is 1. The van der Waals surface area contributed by atoms with Gasteiger partial charge in [0.05, 0.1) is 19.5 Å². The molecule has 2 aromatic heterocycles. The molecule has 14 nitrogen and oxygen atoms in total. The van der Waals surface area contributed by atoms with Gasteiger partial charge >= 0.3 is 13.7 Å². The number of carbonyl (C=O) groups is 1. The lowest BCUT2D eigenvalue weighted by Crippen LogP contribution is -2.45. The molecule has 0 amide bonds. The molecule has 4 rings (SSSR count). The van der Waals surface area contributed by atoms with E-state index < -0.39 is 57.1 Å². The highest BCUT2D eigenvalue weighted by molar-refractivity contribution is 7.52. The number of ether oxygens (including phenoxy) is 2. The Hall–Kier alpha value is -3.43. The Bertz CT molecular complexity index is 1380. The molecular weight excluding hydrogens is 555 g/mol. The quantitative estimate of drug-likeness (QED) is 0.179. The molecule has 40 heavy (non-hydrogen) atoms. The SMILES string of the molecule is CCOC(=O)C(C)N[P@@](=O)(OC[C@H]1O[C@@H](n2cnc3c(NC)nc(N)nc32)[C@@](F)(CF)[C@@H]1O)Oc1ccccc1. The average molecular weight is 586 g/mol. The van der Waals surface area contributed by atoms with Crippen molar-refractivity contribution in [2.45, 2.75) is 44.0 Å². The van der Waals surface area contributed by atoms with Crippen molar-refractivity contribution < 1.29 is 41.8 Å². The predicted molar refractivity (Wildman–Crippen MR) is 139 cm³/mol. The third-order valence-electron chi connectivity index (χ3n) is 6.06. The van der Waals surface area contributed by atoms with Gasteiger partial charge in [-0.05, 0) is 26.0 Å². The molecule has 17 heteroatoms. The van der Waals surface area contributed by atoms with E-state index in [4.69, 9.17) is 24.3 Å². The van der Waals surface area contributed by atoms with Gasteiger partial charge in [-0.25, -0.2) is 18.3 Å². The van der Waals surface area contributed by atoms with Crippen LogP contribution in [0.4, 0.5) is 20.5 Å². The minimum Gasteiger partial charge on any atom is -0.465 e. The zero-order chi connectivity index (χ0) is 29.1. The molecule has 1 saturated heterocycles. The van der Waals surface area contributed by atoms with Gasteiger partial charge in [-0.15, -0.1) is 0 Å². The number of rotatable bonds is 12. The first-order chi connectivity index (χ1) is 19.0. The number of nitrogens with two attached hydrogens (primary N) is 1. The second-order valence-electron chi connectivity index (χ2n) is 8.84. The van der Waals surface area contributed by atoms with Gasteiger partial charge in [0.1, 0.15) is 30.7 Å². The standard InChI is InChI=1S/C23H30F2N7O7P/c1-4-36-20(34)13(2)31-40(35,39-14-8-6-5-7-9-14)37-10-15-17(33)23(25,11-24)21(38-15)32-12-28-16-18(27-3)29-22(26)30-19(16)32/h5-9,12-13,15,17,21,33H,4,10-11H2,1-3H3,(H,31,35)(H3,26,27,29,30)/t13?,15-,17-,21-,23-,40-/m1/s1. The molecule has 3 heterocycles. The number of aliphatic hydroxyl groups is 1. The number of halogens is 2. The maximum atomic E-state index is 16.0. The van der Waals surface area contributed by atoms with E-state index in [-0.39, 0.29) is 35.3 Å². The first kappa shape index (κ1) is 29.6. The first-order valence-electron chi connectivity index (χ1n) is 12.2. The highest BCUT2D eigenvalue weighted by atomic mass is 31.2. The molecule has 6 atom stereocenters. The molecule has 1 fully saturated rings. The molecule has 1 unspecified atom stereocenters. The minimum absolute atomic E-state index is 0.0223. The van der Waals surface area contributed by atoms with Crippen molar-refractivity contribution in [1.29, 1.82) is 0 Å². The van der Waals surface area contributed by atoms with Crippen molar-refractivity contribution in [1.82, 2.24) is 24.6 Å². The van der Waals surface area contributed by atoms with Crippen LogP contribution in [0.25, 0.3) is 11.2 Å². The van der Waals surface area contributed by atoms with Crippen LogP contribution in [0.3, 0.4) is 0 Å². The summed E-state index contributed by atoms with van der Waals surface area (Å²) in [5.41, 5.74) is 3.00. The van der Waals surface area contributed by atoms with Gasteiger partial charge in [-0.2, -0.15) is 15.1 Å². The number of nitrogens with zero attached hydrogens (tertiary/aromatic N) is 4. The fourth-order valence-corrected chi connectivity index (χ4v) is 5.60. The van der Waals surface area contributed by atoms with Gasteiger partial charge in [-0.1, -0.05) is 18.2 Å². The van der Waals surface area contributed by atoms with Gasteiger partial charge in [0.2, 0.25) is 11.6 Å². The maximum Gasteiger partial charge on any atom is 0.459 e. The third kappa shape index (κ3) is 5.86. The van der Waals surface area contributed by atoms with Crippen LogP contribution in [-0.4, -0.2) is 81.4 Å². The van der Waals surface area contributed by atoms with Crippen LogP contribution in [0.5, 0.6) is 5.75 Å². The second-order valence-corrected chi connectivity index (χ2v) is 10.5. The number of imidazole rings is 1. The zero-order valence-corrected chi connectivity index (χ0v) is 22.8. The smallest absolute Gasteiger partial charge is 0.459 e. The molecular formula is C23H30F2N7O7P. The maximum absolute atomic E-state index is 16.0. The molecule has 0 bridgehead atoms. The van der Waals surface area contributed by atoms with Crippen LogP contribution in [0.1, 0.15) is 20.1 Å². The highest BCUT2D eigenvalue weighted by Gasteiger charge is 2.59. The van der Waals surface area contributed by atoms with Crippen LogP contribution in [0.2, 0.25) is 0 Å². The van der Waals surface area contributed by atoms with Crippen molar-refractivity contribution in [2.75, 3.05) is 38.0 Å². The Labute approximate surface area is 227 Å². The summed E-state index contributed by atoms with van der Waals surface area (Å²) in [6.45, 7) is 0.697. The Morgan fingerprint density at radius 2 is 2.08 bits per heavy atom. The molecule has 3 aromatic rings. The highest BCUT2D eigenvalue weighted by Crippen LogP contribution is 2.48. The van der Waals surface area contributed by atoms with E-state index in [1.54, 1.807) is 32.2 Å². The van der Waals surface area contributed by atoms with Crippen molar-refractivity contribution in [3.63, 3.8) is 0 Å². The van der Waals surface area contributed by atoms with Gasteiger partial charge < -0.3 is 30.2 Å². The zero-order valence-electron chi connectivity index (χ0n) is 21.9. The third-order valence-corrected chi connectivity index (χ3v) is 7.70. The van der Waals surface area contributed by atoms with E-state index in [2.05, 4.69) is 25.4 Å². The molecule has 1 aliphatic heterocycles. The molecule has 0 saturated carbocycles. The predicted octanol–water partition coefficient (Wildman–Crippen LogP) is 2.13. The number of hydrogen-bond acceptors (Lipinski definition) is 12. The number of nitrogens with one attached hydrogen (secondary N) is 2. The molecule has 5 N–H and O–H groups in total. The Morgan fingerprint density at radius 3 is 2.73 bits per heavy atom. The number of benzene rings is 1. The summed E-state index contributed by atoms with van der Waals surface area (Å²) in [6, 6.07) is 6.80. The number of aromatic nitrogens is 4. The summed E-state index contributed by atoms with van der Waals surface area (Å²) < 4.78 is 66.5. The lowest BCUT2D eigenvalue weighted by atomic mass is 9.97. The number of esters is 1. The van der Waals surface area contributed by atoms with Crippen molar-refractivity contribution >= 4 is 36.6 Å². The summed E-state index contributed by atoms with van der Waals surface area (Å²) in [5.74, 6) is -0.520. The molecule has 1 aliphatic rings. The number of alkyl halides is 2. The van der Waals surface area contributed by atoms with E-state index in [0.29, 0.717) is 0 Å². The Morgan fingerprint density at radius 1 is 1.35 bits per heavy atom. The minimum atomic E-state index is -4.36. The fourth-order valence-electron chi connectivity index (χ4n) is 4.10. The number of nitrogen functional groups attached to an aromatic ring is 1. The van der Waals surface area contributed by atoms with E-state index in [1.165, 1.54) is 19.1 Å². The van der Waals surface area contributed by atoms with Gasteiger partial charge in [0.15, 0.2) is 23.2 Å². The summed E-state index contributed by atoms with van der Waals surface area (Å²) in [7, 11) is -2.80. The van der Waals surface area contributed by atoms with E-state index in [9.17, 15) is 18.9 Å². The lowest BCUT2D eigenvalue weighted by Gasteiger charge is -2.26. The molecule has 0 spiro atoms. The number of hydrogen-bond donors (Lipinski definition) is 4. The fraction of sp³-hybridized carbons (Fsp3) is 0.478. The number of carbonyl (C=O) groups excluding carboxylic acids is 1. The Kier molecular flexibility index (Phi) is 8.85. The normalized spacial score (nSPS) is 24.9. The molecule has 0 aliphatic carbocycles.